The summed E-state index contributed by atoms with van der Waals surface area (Å²) in [5.74, 6) is -0.737. The van der Waals surface area contributed by atoms with Crippen LogP contribution < -0.4 is 14.8 Å². The van der Waals surface area contributed by atoms with Crippen molar-refractivity contribution in [3.8, 4) is 17.2 Å². The van der Waals surface area contributed by atoms with Gasteiger partial charge in [0, 0.05) is 36.1 Å². The Kier molecular flexibility index (Phi) is 10.1. The molecule has 2 aromatic carbocycles. The highest BCUT2D eigenvalue weighted by atomic mass is 16.5. The van der Waals surface area contributed by atoms with Crippen molar-refractivity contribution < 1.29 is 29.0 Å². The lowest BCUT2D eigenvalue weighted by atomic mass is 9.94. The fourth-order valence-corrected chi connectivity index (χ4v) is 5.04. The molecule has 3 aromatic rings. The highest BCUT2D eigenvalue weighted by Gasteiger charge is 2.33. The van der Waals surface area contributed by atoms with Crippen molar-refractivity contribution in [3.05, 3.63) is 95.8 Å². The zero-order chi connectivity index (χ0) is 29.2. The van der Waals surface area contributed by atoms with Gasteiger partial charge in [-0.3, -0.25) is 19.4 Å². The monoisotopic (exact) mass is 557 g/mol. The quantitative estimate of drug-likeness (QED) is 0.258. The number of rotatable bonds is 11. The molecule has 1 aromatic heterocycles. The van der Waals surface area contributed by atoms with Gasteiger partial charge in [-0.2, -0.15) is 0 Å². The lowest BCUT2D eigenvalue weighted by Gasteiger charge is -2.33. The minimum Gasteiger partial charge on any atom is -0.507 e. The number of allylic oxidation sites excluding steroid dienone is 1. The summed E-state index contributed by atoms with van der Waals surface area (Å²) in [5, 5.41) is 13.4. The number of carbonyl (C=O) groups is 3. The van der Waals surface area contributed by atoms with E-state index in [1.165, 1.54) is 24.1 Å². The van der Waals surface area contributed by atoms with E-state index >= 15 is 0 Å². The predicted molar refractivity (Wildman–Crippen MR) is 154 cm³/mol. The Labute approximate surface area is 239 Å². The van der Waals surface area contributed by atoms with E-state index in [9.17, 15) is 19.5 Å². The van der Waals surface area contributed by atoms with Crippen molar-refractivity contribution in [2.75, 3.05) is 14.2 Å². The van der Waals surface area contributed by atoms with Gasteiger partial charge in [0.15, 0.2) is 5.78 Å². The maximum atomic E-state index is 13.9. The highest BCUT2D eigenvalue weighted by Crippen LogP contribution is 2.29. The molecule has 214 valence electrons. The van der Waals surface area contributed by atoms with Gasteiger partial charge in [-0.25, -0.2) is 0 Å². The number of ketones is 1. The molecule has 2 N–H and O–H groups in total. The number of aromatic nitrogens is 1. The van der Waals surface area contributed by atoms with Crippen LogP contribution in [-0.4, -0.2) is 52.8 Å². The van der Waals surface area contributed by atoms with Crippen molar-refractivity contribution in [1.82, 2.24) is 15.2 Å². The molecule has 0 saturated heterocycles. The van der Waals surface area contributed by atoms with Crippen LogP contribution in [-0.2, 0) is 16.1 Å². The van der Waals surface area contributed by atoms with E-state index in [0.29, 0.717) is 22.6 Å². The Morgan fingerprint density at radius 1 is 1.00 bits per heavy atom. The number of pyridine rings is 1. The summed E-state index contributed by atoms with van der Waals surface area (Å²) in [7, 11) is 3.00. The molecule has 0 bridgehead atoms. The van der Waals surface area contributed by atoms with Crippen LogP contribution in [0.1, 0.15) is 59.6 Å². The van der Waals surface area contributed by atoms with E-state index in [0.717, 1.165) is 44.3 Å². The van der Waals surface area contributed by atoms with Crippen molar-refractivity contribution in [2.24, 2.45) is 0 Å². The number of benzene rings is 2. The van der Waals surface area contributed by atoms with E-state index in [1.54, 1.807) is 43.8 Å². The van der Waals surface area contributed by atoms with E-state index in [1.807, 2.05) is 18.2 Å². The summed E-state index contributed by atoms with van der Waals surface area (Å²) < 4.78 is 10.6. The molecule has 2 amide bonds. The zero-order valence-corrected chi connectivity index (χ0v) is 23.3. The number of aromatic hydroxyl groups is 1. The maximum absolute atomic E-state index is 13.9. The average Bonchev–Trinajstić information content (AvgIpc) is 3.00. The fraction of sp³-hybridized carbons (Fsp3) is 0.312. The van der Waals surface area contributed by atoms with Crippen LogP contribution in [0.25, 0.3) is 0 Å². The molecule has 0 spiro atoms. The normalized spacial score (nSPS) is 14.3. The van der Waals surface area contributed by atoms with E-state index in [-0.39, 0.29) is 29.8 Å². The fourth-order valence-electron chi connectivity index (χ4n) is 5.04. The van der Waals surface area contributed by atoms with Gasteiger partial charge in [-0.05, 0) is 54.8 Å². The van der Waals surface area contributed by atoms with Gasteiger partial charge in [0.05, 0.1) is 26.3 Å². The first kappa shape index (κ1) is 29.3. The van der Waals surface area contributed by atoms with Gasteiger partial charge >= 0.3 is 0 Å². The van der Waals surface area contributed by atoms with Crippen LogP contribution in [0.2, 0.25) is 0 Å². The molecular formula is C32H35N3O6. The number of methoxy groups -OCH3 is 2. The first-order chi connectivity index (χ1) is 19.9. The molecule has 1 saturated carbocycles. The Hall–Kier alpha value is -4.66. The van der Waals surface area contributed by atoms with Crippen LogP contribution >= 0.6 is 0 Å². The second-order valence-electron chi connectivity index (χ2n) is 9.89. The molecule has 0 radical (unpaired) electrons. The van der Waals surface area contributed by atoms with Crippen molar-refractivity contribution >= 4 is 17.6 Å². The zero-order valence-electron chi connectivity index (χ0n) is 23.3. The summed E-state index contributed by atoms with van der Waals surface area (Å²) in [4.78, 5) is 46.1. The van der Waals surface area contributed by atoms with Crippen molar-refractivity contribution in [1.29, 1.82) is 0 Å². The third kappa shape index (κ3) is 7.51. The third-order valence-electron chi connectivity index (χ3n) is 7.20. The number of carbonyl (C=O) groups excluding carboxylic acids is 3. The van der Waals surface area contributed by atoms with Gasteiger partial charge in [0.1, 0.15) is 23.3 Å². The Morgan fingerprint density at radius 3 is 2.41 bits per heavy atom. The molecule has 1 aliphatic carbocycles. The number of nitrogens with one attached hydrogen (secondary N) is 1. The lowest BCUT2D eigenvalue weighted by molar-refractivity contribution is -0.138. The summed E-state index contributed by atoms with van der Waals surface area (Å²) >= 11 is 0. The summed E-state index contributed by atoms with van der Waals surface area (Å²) in [6.45, 7) is 0.0419. The first-order valence-electron chi connectivity index (χ1n) is 13.6. The number of phenolic OH excluding ortho intramolecular Hbond substituents is 1. The second kappa shape index (κ2) is 14.1. The van der Waals surface area contributed by atoms with Crippen LogP contribution in [0.3, 0.4) is 0 Å². The summed E-state index contributed by atoms with van der Waals surface area (Å²) in [6, 6.07) is 14.0. The maximum Gasteiger partial charge on any atom is 0.247 e. The molecule has 9 heteroatoms. The Balaban J connectivity index is 1.69. The number of amides is 2. The smallest absolute Gasteiger partial charge is 0.247 e. The molecular weight excluding hydrogens is 522 g/mol. The standard InChI is InChI=1S/C32H35N3O6/c1-40-25-12-13-26(28(37)20-25)27(36)14-15-30(38)35(21-23-8-6-7-11-29(23)41-2)31(22-16-18-33-19-17-22)32(39)34-24-9-4-3-5-10-24/h6-8,11-20,24,31,37H,3-5,9-10,21H2,1-2H3,(H,34,39)/b15-14+/t31-/m1/s1. The molecule has 1 atom stereocenters. The first-order valence-corrected chi connectivity index (χ1v) is 13.6. The molecule has 0 aliphatic heterocycles. The Morgan fingerprint density at radius 2 is 1.73 bits per heavy atom. The second-order valence-corrected chi connectivity index (χ2v) is 9.89. The predicted octanol–water partition coefficient (Wildman–Crippen LogP) is 4.76. The number of hydrogen-bond acceptors (Lipinski definition) is 7. The number of nitrogens with zero attached hydrogens (tertiary/aromatic N) is 2. The molecule has 1 aliphatic rings. The molecule has 41 heavy (non-hydrogen) atoms. The van der Waals surface area contributed by atoms with E-state index < -0.39 is 17.7 Å². The van der Waals surface area contributed by atoms with Crippen LogP contribution in [0.15, 0.2) is 79.1 Å². The average molecular weight is 558 g/mol. The summed E-state index contributed by atoms with van der Waals surface area (Å²) in [6.07, 6.45) is 10.4. The van der Waals surface area contributed by atoms with Crippen molar-refractivity contribution in [2.45, 2.75) is 50.7 Å². The molecule has 1 heterocycles. The molecule has 9 nitrogen and oxygen atoms in total. The van der Waals surface area contributed by atoms with E-state index in [2.05, 4.69) is 10.3 Å². The molecule has 0 unspecified atom stereocenters. The van der Waals surface area contributed by atoms with Crippen LogP contribution in [0.4, 0.5) is 0 Å². The number of hydrogen-bond donors (Lipinski definition) is 2. The minimum absolute atomic E-state index is 0.0202. The minimum atomic E-state index is -0.994. The van der Waals surface area contributed by atoms with Crippen LogP contribution in [0, 0.1) is 0 Å². The van der Waals surface area contributed by atoms with Gasteiger partial charge in [0.2, 0.25) is 11.8 Å². The van der Waals surface area contributed by atoms with Gasteiger partial charge in [-0.15, -0.1) is 0 Å². The molecule has 1 fully saturated rings. The van der Waals surface area contributed by atoms with Crippen LogP contribution in [0.5, 0.6) is 17.2 Å². The number of para-hydroxylation sites is 1. The largest absolute Gasteiger partial charge is 0.507 e. The third-order valence-corrected chi connectivity index (χ3v) is 7.20. The SMILES string of the molecule is COc1ccc(C(=O)/C=C/C(=O)N(Cc2ccccc2OC)[C@@H](C(=O)NC2CCCCC2)c2ccncc2)c(O)c1. The number of phenols is 1. The Bertz CT molecular complexity index is 1390. The van der Waals surface area contributed by atoms with Gasteiger partial charge < -0.3 is 24.8 Å². The van der Waals surface area contributed by atoms with E-state index in [4.69, 9.17) is 9.47 Å². The van der Waals surface area contributed by atoms with Gasteiger partial charge in [-0.1, -0.05) is 37.5 Å². The van der Waals surface area contributed by atoms with Gasteiger partial charge in [0.25, 0.3) is 0 Å². The summed E-state index contributed by atoms with van der Waals surface area (Å²) in [5.41, 5.74) is 1.30. The lowest BCUT2D eigenvalue weighted by Crippen LogP contribution is -2.46. The topological polar surface area (TPSA) is 118 Å². The molecule has 4 rings (SSSR count). The number of ether oxygens (including phenoxy) is 2. The highest BCUT2D eigenvalue weighted by molar-refractivity contribution is 6.09. The van der Waals surface area contributed by atoms with Crippen molar-refractivity contribution in [3.63, 3.8) is 0 Å².